The molecule has 2 unspecified atom stereocenters. The van der Waals surface area contributed by atoms with Gasteiger partial charge < -0.3 is 15.2 Å². The highest BCUT2D eigenvalue weighted by Gasteiger charge is 2.50. The van der Waals surface area contributed by atoms with Crippen molar-refractivity contribution >= 4 is 11.9 Å². The van der Waals surface area contributed by atoms with Gasteiger partial charge in [-0.15, -0.1) is 0 Å². The molecule has 124 valence electrons. The van der Waals surface area contributed by atoms with E-state index in [0.29, 0.717) is 6.42 Å². The van der Waals surface area contributed by atoms with Crippen molar-refractivity contribution in [2.45, 2.75) is 30.7 Å². The Hall–Kier alpha value is -2.02. The maximum Gasteiger partial charge on any atom is 0.329 e. The summed E-state index contributed by atoms with van der Waals surface area (Å²) in [5.41, 5.74) is -1.44. The smallest absolute Gasteiger partial charge is 0.329 e. The molecule has 0 bridgehead atoms. The Labute approximate surface area is 131 Å². The lowest BCUT2D eigenvalue weighted by atomic mass is 9.89. The Kier molecular flexibility index (Phi) is 4.06. The zero-order chi connectivity index (χ0) is 16.6. The number of carboxylic acid groups (broad SMARTS) is 1. The predicted molar refractivity (Wildman–Crippen MR) is 75.8 cm³/mol. The van der Waals surface area contributed by atoms with Gasteiger partial charge in [0.05, 0.1) is 0 Å². The summed E-state index contributed by atoms with van der Waals surface area (Å²) in [6.45, 7) is 0.505. The fourth-order valence-corrected chi connectivity index (χ4v) is 3.11. The van der Waals surface area contributed by atoms with Crippen molar-refractivity contribution in [2.75, 3.05) is 13.2 Å². The lowest BCUT2D eigenvalue weighted by Gasteiger charge is -2.34. The zero-order valence-corrected chi connectivity index (χ0v) is 12.4. The molecular formula is C16H17F2NO4. The molecule has 1 aliphatic carbocycles. The van der Waals surface area contributed by atoms with Gasteiger partial charge in [-0.2, -0.15) is 0 Å². The summed E-state index contributed by atoms with van der Waals surface area (Å²) in [6.07, 6.45) is 0.676. The third kappa shape index (κ3) is 2.93. The van der Waals surface area contributed by atoms with E-state index in [1.54, 1.807) is 0 Å². The number of amides is 1. The molecule has 1 aromatic carbocycles. The molecule has 1 amide bonds. The number of aliphatic carboxylic acids is 1. The summed E-state index contributed by atoms with van der Waals surface area (Å²) in [4.78, 5) is 23.9. The number of rotatable bonds is 4. The lowest BCUT2D eigenvalue weighted by molar-refractivity contribution is -0.152. The SMILES string of the molecule is O=C(NC1(C(=O)O)CCOCC1)C1CC1c1c(F)cccc1F. The third-order valence-corrected chi connectivity index (χ3v) is 4.62. The van der Waals surface area contributed by atoms with Gasteiger partial charge in [0.15, 0.2) is 0 Å². The summed E-state index contributed by atoms with van der Waals surface area (Å²) in [6, 6.07) is 3.58. The lowest BCUT2D eigenvalue weighted by Crippen LogP contribution is -2.57. The van der Waals surface area contributed by atoms with Gasteiger partial charge in [-0.3, -0.25) is 4.79 Å². The molecule has 3 rings (SSSR count). The molecule has 2 fully saturated rings. The molecule has 0 aromatic heterocycles. The second kappa shape index (κ2) is 5.88. The molecule has 2 aliphatic rings. The van der Waals surface area contributed by atoms with Crippen LogP contribution in [0.1, 0.15) is 30.7 Å². The molecule has 2 N–H and O–H groups in total. The van der Waals surface area contributed by atoms with E-state index in [9.17, 15) is 23.5 Å². The normalized spacial score (nSPS) is 25.7. The van der Waals surface area contributed by atoms with Gasteiger partial charge in [-0.05, 0) is 18.6 Å². The number of nitrogens with one attached hydrogen (secondary N) is 1. The molecule has 7 heteroatoms. The maximum absolute atomic E-state index is 13.8. The van der Waals surface area contributed by atoms with Crippen LogP contribution in [0.15, 0.2) is 18.2 Å². The number of hydrogen-bond acceptors (Lipinski definition) is 3. The highest BCUT2D eigenvalue weighted by Crippen LogP contribution is 2.49. The molecule has 5 nitrogen and oxygen atoms in total. The van der Waals surface area contributed by atoms with Crippen molar-refractivity contribution < 1.29 is 28.2 Å². The molecule has 0 spiro atoms. The number of benzene rings is 1. The molecule has 1 saturated carbocycles. The first-order valence-corrected chi connectivity index (χ1v) is 7.52. The first-order valence-electron chi connectivity index (χ1n) is 7.52. The van der Waals surface area contributed by atoms with Crippen LogP contribution in [0.25, 0.3) is 0 Å². The summed E-state index contributed by atoms with van der Waals surface area (Å²) in [5.74, 6) is -4.07. The summed E-state index contributed by atoms with van der Waals surface area (Å²) in [7, 11) is 0. The van der Waals surface area contributed by atoms with Crippen molar-refractivity contribution in [1.29, 1.82) is 0 Å². The van der Waals surface area contributed by atoms with Crippen LogP contribution in [0.4, 0.5) is 8.78 Å². The molecule has 1 aromatic rings. The average Bonchev–Trinajstić information content (AvgIpc) is 3.28. The highest BCUT2D eigenvalue weighted by atomic mass is 19.1. The Morgan fingerprint density at radius 2 is 1.83 bits per heavy atom. The standard InChI is InChI=1S/C16H17F2NO4/c17-11-2-1-3-12(18)13(11)9-8-10(9)14(20)19-16(15(21)22)4-6-23-7-5-16/h1-3,9-10H,4-8H2,(H,19,20)(H,21,22). The quantitative estimate of drug-likeness (QED) is 0.885. The second-order valence-electron chi connectivity index (χ2n) is 6.07. The molecule has 1 saturated heterocycles. The minimum atomic E-state index is -1.35. The number of ether oxygens (including phenoxy) is 1. The Morgan fingerprint density at radius 1 is 1.22 bits per heavy atom. The van der Waals surface area contributed by atoms with E-state index in [2.05, 4.69) is 5.32 Å². The van der Waals surface area contributed by atoms with E-state index in [1.165, 1.54) is 6.07 Å². The topological polar surface area (TPSA) is 75.6 Å². The number of carbonyl (C=O) groups excluding carboxylic acids is 1. The van der Waals surface area contributed by atoms with Crippen molar-refractivity contribution in [3.63, 3.8) is 0 Å². The largest absolute Gasteiger partial charge is 0.480 e. The van der Waals surface area contributed by atoms with Gasteiger partial charge >= 0.3 is 5.97 Å². The molecule has 2 atom stereocenters. The van der Waals surface area contributed by atoms with Gasteiger partial charge in [0, 0.05) is 43.5 Å². The third-order valence-electron chi connectivity index (χ3n) is 4.62. The molecule has 1 heterocycles. The van der Waals surface area contributed by atoms with Crippen LogP contribution in [0.3, 0.4) is 0 Å². The minimum Gasteiger partial charge on any atom is -0.480 e. The minimum absolute atomic E-state index is 0.0935. The van der Waals surface area contributed by atoms with Gasteiger partial charge in [0.2, 0.25) is 5.91 Å². The van der Waals surface area contributed by atoms with E-state index < -0.39 is 40.9 Å². The van der Waals surface area contributed by atoms with Crippen molar-refractivity contribution in [2.24, 2.45) is 5.92 Å². The van der Waals surface area contributed by atoms with Crippen molar-refractivity contribution in [3.8, 4) is 0 Å². The van der Waals surface area contributed by atoms with Crippen molar-refractivity contribution in [1.82, 2.24) is 5.32 Å². The van der Waals surface area contributed by atoms with Crippen LogP contribution in [-0.4, -0.2) is 35.7 Å². The van der Waals surface area contributed by atoms with Crippen LogP contribution in [0, 0.1) is 17.6 Å². The van der Waals surface area contributed by atoms with Crippen LogP contribution >= 0.6 is 0 Å². The van der Waals surface area contributed by atoms with E-state index in [-0.39, 0.29) is 31.6 Å². The van der Waals surface area contributed by atoms with Crippen LogP contribution in [0.5, 0.6) is 0 Å². The predicted octanol–water partition coefficient (Wildman–Crippen LogP) is 1.82. The first kappa shape index (κ1) is 15.9. The summed E-state index contributed by atoms with van der Waals surface area (Å²) >= 11 is 0. The van der Waals surface area contributed by atoms with Crippen LogP contribution in [0.2, 0.25) is 0 Å². The van der Waals surface area contributed by atoms with Gasteiger partial charge in [-0.1, -0.05) is 6.07 Å². The Bertz CT molecular complexity index is 623. The van der Waals surface area contributed by atoms with Gasteiger partial charge in [0.1, 0.15) is 17.2 Å². The average molecular weight is 325 g/mol. The Balaban J connectivity index is 1.72. The highest BCUT2D eigenvalue weighted by molar-refractivity contribution is 5.90. The number of carboxylic acids is 1. The van der Waals surface area contributed by atoms with E-state index in [4.69, 9.17) is 4.74 Å². The fourth-order valence-electron chi connectivity index (χ4n) is 3.11. The molecule has 0 radical (unpaired) electrons. The van der Waals surface area contributed by atoms with Crippen molar-refractivity contribution in [3.05, 3.63) is 35.4 Å². The van der Waals surface area contributed by atoms with Crippen LogP contribution < -0.4 is 5.32 Å². The van der Waals surface area contributed by atoms with Gasteiger partial charge in [-0.25, -0.2) is 13.6 Å². The first-order chi connectivity index (χ1) is 10.9. The molecule has 23 heavy (non-hydrogen) atoms. The second-order valence-corrected chi connectivity index (χ2v) is 6.07. The molecule has 1 aliphatic heterocycles. The monoisotopic (exact) mass is 325 g/mol. The van der Waals surface area contributed by atoms with E-state index in [0.717, 1.165) is 12.1 Å². The number of carbonyl (C=O) groups is 2. The number of halogens is 2. The Morgan fingerprint density at radius 3 is 2.39 bits per heavy atom. The summed E-state index contributed by atoms with van der Waals surface area (Å²) < 4.78 is 32.7. The van der Waals surface area contributed by atoms with E-state index in [1.807, 2.05) is 0 Å². The maximum atomic E-state index is 13.8. The zero-order valence-electron chi connectivity index (χ0n) is 12.4. The fraction of sp³-hybridized carbons (Fsp3) is 0.500. The number of hydrogen-bond donors (Lipinski definition) is 2. The summed E-state index contributed by atoms with van der Waals surface area (Å²) in [5, 5.41) is 12.0. The van der Waals surface area contributed by atoms with E-state index >= 15 is 0 Å². The molecular weight excluding hydrogens is 308 g/mol. The van der Waals surface area contributed by atoms with Gasteiger partial charge in [0.25, 0.3) is 0 Å². The van der Waals surface area contributed by atoms with Crippen LogP contribution in [-0.2, 0) is 14.3 Å².